The van der Waals surface area contributed by atoms with Crippen LogP contribution in [0.15, 0.2) is 46.9 Å². The summed E-state index contributed by atoms with van der Waals surface area (Å²) in [5.41, 5.74) is 1.81. The minimum atomic E-state index is -0.345. The molecule has 0 bridgehead atoms. The molecule has 0 radical (unpaired) electrons. The van der Waals surface area contributed by atoms with E-state index in [4.69, 9.17) is 4.74 Å². The Labute approximate surface area is 134 Å². The van der Waals surface area contributed by atoms with Crippen LogP contribution in [0.4, 0.5) is 0 Å². The van der Waals surface area contributed by atoms with Crippen molar-refractivity contribution in [2.45, 2.75) is 19.3 Å². The average Bonchev–Trinajstić information content (AvgIpc) is 2.99. The van der Waals surface area contributed by atoms with Crippen LogP contribution in [0.3, 0.4) is 0 Å². The molecule has 0 spiro atoms. The van der Waals surface area contributed by atoms with Crippen molar-refractivity contribution < 1.29 is 9.66 Å². The van der Waals surface area contributed by atoms with E-state index >= 15 is 0 Å². The Hall–Kier alpha value is -2.63. The van der Waals surface area contributed by atoms with E-state index in [0.717, 1.165) is 37.2 Å². The zero-order valence-electron chi connectivity index (χ0n) is 13.1. The van der Waals surface area contributed by atoms with Crippen LogP contribution >= 0.6 is 0 Å². The van der Waals surface area contributed by atoms with Crippen LogP contribution in [0, 0.1) is 10.1 Å². The van der Waals surface area contributed by atoms with E-state index in [9.17, 15) is 10.1 Å². The number of hydrogen-bond donors (Lipinski definition) is 0. The summed E-state index contributed by atoms with van der Waals surface area (Å²) in [6.07, 6.45) is 6.87. The topological polar surface area (TPSA) is 68.0 Å². The van der Waals surface area contributed by atoms with Gasteiger partial charge in [0.05, 0.1) is 17.6 Å². The molecule has 1 saturated heterocycles. The molecule has 2 aliphatic heterocycles. The molecule has 1 aromatic rings. The number of likely N-dealkylation sites (tertiary alicyclic amines) is 1. The highest BCUT2D eigenvalue weighted by molar-refractivity contribution is 6.14. The molecular weight excluding hydrogens is 294 g/mol. The summed E-state index contributed by atoms with van der Waals surface area (Å²) in [4.78, 5) is 17.6. The molecule has 0 saturated carbocycles. The minimum Gasteiger partial charge on any atom is -0.497 e. The van der Waals surface area contributed by atoms with Crippen LogP contribution in [0.1, 0.15) is 24.8 Å². The summed E-state index contributed by atoms with van der Waals surface area (Å²) in [6, 6.07) is 7.21. The maximum Gasteiger partial charge on any atom is 0.305 e. The van der Waals surface area contributed by atoms with Crippen molar-refractivity contribution in [3.8, 4) is 5.75 Å². The fourth-order valence-electron chi connectivity index (χ4n) is 2.88. The van der Waals surface area contributed by atoms with Gasteiger partial charge in [0, 0.05) is 25.5 Å². The highest BCUT2D eigenvalue weighted by Crippen LogP contribution is 2.30. The Morgan fingerprint density at radius 2 is 1.91 bits per heavy atom. The molecule has 0 aromatic heterocycles. The molecule has 2 aliphatic rings. The quantitative estimate of drug-likeness (QED) is 0.633. The van der Waals surface area contributed by atoms with E-state index in [-0.39, 0.29) is 10.6 Å². The number of hydrogen-bond acceptors (Lipinski definition) is 5. The third-order valence-corrected chi connectivity index (χ3v) is 4.11. The number of rotatable bonds is 4. The molecule has 1 fully saturated rings. The van der Waals surface area contributed by atoms with Gasteiger partial charge in [0.25, 0.3) is 0 Å². The van der Waals surface area contributed by atoms with Crippen LogP contribution in [-0.2, 0) is 0 Å². The van der Waals surface area contributed by atoms with E-state index in [1.54, 1.807) is 25.5 Å². The van der Waals surface area contributed by atoms with Crippen molar-refractivity contribution in [2.24, 2.45) is 4.99 Å². The highest BCUT2D eigenvalue weighted by Gasteiger charge is 2.29. The fourth-order valence-corrected chi connectivity index (χ4v) is 2.88. The lowest BCUT2D eigenvalue weighted by atomic mass is 10.1. The summed E-state index contributed by atoms with van der Waals surface area (Å²) in [5.74, 6) is 0.719. The second kappa shape index (κ2) is 6.64. The third kappa shape index (κ3) is 3.26. The Kier molecular flexibility index (Phi) is 4.41. The van der Waals surface area contributed by atoms with Gasteiger partial charge in [-0.1, -0.05) is 12.1 Å². The molecule has 0 amide bonds. The van der Waals surface area contributed by atoms with Crippen molar-refractivity contribution in [3.63, 3.8) is 0 Å². The Balaban J connectivity index is 1.94. The monoisotopic (exact) mass is 313 g/mol. The number of aliphatic imine (C=N–C) groups is 1. The molecule has 1 aromatic carbocycles. The van der Waals surface area contributed by atoms with E-state index < -0.39 is 0 Å². The number of ether oxygens (including phenoxy) is 1. The lowest BCUT2D eigenvalue weighted by Gasteiger charge is -2.24. The maximum atomic E-state index is 11.5. The fraction of sp³-hybridized carbons (Fsp3) is 0.353. The summed E-state index contributed by atoms with van der Waals surface area (Å²) in [7, 11) is 1.59. The van der Waals surface area contributed by atoms with Crippen LogP contribution < -0.4 is 4.74 Å². The molecule has 0 aliphatic carbocycles. The van der Waals surface area contributed by atoms with Crippen LogP contribution in [0.2, 0.25) is 0 Å². The summed E-state index contributed by atoms with van der Waals surface area (Å²) in [6.45, 7) is 1.86. The van der Waals surface area contributed by atoms with Gasteiger partial charge < -0.3 is 9.64 Å². The van der Waals surface area contributed by atoms with Crippen molar-refractivity contribution in [3.05, 3.63) is 57.5 Å². The van der Waals surface area contributed by atoms with E-state index in [2.05, 4.69) is 9.89 Å². The summed E-state index contributed by atoms with van der Waals surface area (Å²) in [5, 5.41) is 11.5. The second-order valence-electron chi connectivity index (χ2n) is 5.62. The SMILES string of the molecule is COc1ccc(C2=C([N+](=O)[O-])C(=CN3CCCCC3)N=C2)cc1. The van der Waals surface area contributed by atoms with E-state index in [0.29, 0.717) is 11.3 Å². The number of nitro groups is 1. The van der Waals surface area contributed by atoms with Crippen LogP contribution in [-0.4, -0.2) is 36.2 Å². The Bertz CT molecular complexity index is 684. The van der Waals surface area contributed by atoms with Gasteiger partial charge in [0.1, 0.15) is 5.75 Å². The van der Waals surface area contributed by atoms with Crippen LogP contribution in [0.5, 0.6) is 5.75 Å². The Morgan fingerprint density at radius 3 is 2.52 bits per heavy atom. The third-order valence-electron chi connectivity index (χ3n) is 4.11. The van der Waals surface area contributed by atoms with Crippen LogP contribution in [0.25, 0.3) is 5.57 Å². The summed E-state index contributed by atoms with van der Waals surface area (Å²) >= 11 is 0. The first-order valence-corrected chi connectivity index (χ1v) is 7.72. The number of piperidine rings is 1. The first-order chi connectivity index (χ1) is 11.2. The molecular formula is C17H19N3O3. The zero-order valence-corrected chi connectivity index (χ0v) is 13.1. The van der Waals surface area contributed by atoms with Gasteiger partial charge in [-0.25, -0.2) is 4.99 Å². The highest BCUT2D eigenvalue weighted by atomic mass is 16.6. The lowest BCUT2D eigenvalue weighted by Crippen LogP contribution is -2.25. The lowest BCUT2D eigenvalue weighted by molar-refractivity contribution is -0.419. The average molecular weight is 313 g/mol. The molecule has 0 N–H and O–H groups in total. The van der Waals surface area contributed by atoms with Gasteiger partial charge in [0.15, 0.2) is 5.70 Å². The number of allylic oxidation sites excluding steroid dienone is 1. The number of methoxy groups -OCH3 is 1. The van der Waals surface area contributed by atoms with Gasteiger partial charge in [-0.3, -0.25) is 10.1 Å². The molecule has 0 unspecified atom stereocenters. The summed E-state index contributed by atoms with van der Waals surface area (Å²) < 4.78 is 5.13. The van der Waals surface area contributed by atoms with Gasteiger partial charge in [-0.15, -0.1) is 0 Å². The molecule has 3 rings (SSSR count). The Morgan fingerprint density at radius 1 is 1.22 bits per heavy atom. The molecule has 0 atom stereocenters. The molecule has 2 heterocycles. The van der Waals surface area contributed by atoms with Crippen molar-refractivity contribution in [2.75, 3.05) is 20.2 Å². The normalized spacial score (nSPS) is 19.5. The number of benzene rings is 1. The van der Waals surface area contributed by atoms with Gasteiger partial charge in [-0.2, -0.15) is 0 Å². The van der Waals surface area contributed by atoms with Crippen molar-refractivity contribution >= 4 is 11.8 Å². The predicted octanol–water partition coefficient (Wildman–Crippen LogP) is 3.09. The molecule has 6 heteroatoms. The second-order valence-corrected chi connectivity index (χ2v) is 5.62. The first-order valence-electron chi connectivity index (χ1n) is 7.72. The standard InChI is InChI=1S/C17H19N3O3/c1-23-14-7-5-13(6-8-14)15-11-18-16(17(15)20(21)22)12-19-9-3-2-4-10-19/h5-8,11-12H,2-4,9-10H2,1H3. The predicted molar refractivity (Wildman–Crippen MR) is 88.9 cm³/mol. The van der Waals surface area contributed by atoms with Gasteiger partial charge in [-0.05, 0) is 37.0 Å². The molecule has 120 valence electrons. The zero-order chi connectivity index (χ0) is 16.2. The maximum absolute atomic E-state index is 11.5. The smallest absolute Gasteiger partial charge is 0.305 e. The minimum absolute atomic E-state index is 0.0701. The molecule has 23 heavy (non-hydrogen) atoms. The first kappa shape index (κ1) is 15.3. The van der Waals surface area contributed by atoms with Gasteiger partial charge >= 0.3 is 5.70 Å². The molecule has 6 nitrogen and oxygen atoms in total. The van der Waals surface area contributed by atoms with E-state index in [1.807, 2.05) is 18.3 Å². The number of nitrogens with zero attached hydrogens (tertiary/aromatic N) is 3. The van der Waals surface area contributed by atoms with Crippen molar-refractivity contribution in [1.29, 1.82) is 0 Å². The largest absolute Gasteiger partial charge is 0.497 e. The van der Waals surface area contributed by atoms with Crippen molar-refractivity contribution in [1.82, 2.24) is 4.90 Å². The van der Waals surface area contributed by atoms with Gasteiger partial charge in [0.2, 0.25) is 0 Å². The van der Waals surface area contributed by atoms with E-state index in [1.165, 1.54) is 6.42 Å².